The molecule has 0 bridgehead atoms. The number of methoxy groups -OCH3 is 4. The van der Waals surface area contributed by atoms with E-state index in [4.69, 9.17) is 18.9 Å². The summed E-state index contributed by atoms with van der Waals surface area (Å²) in [6.07, 6.45) is 0.649. The van der Waals surface area contributed by atoms with Crippen LogP contribution in [0.1, 0.15) is 44.2 Å². The van der Waals surface area contributed by atoms with Crippen LogP contribution < -0.4 is 29.8 Å². The van der Waals surface area contributed by atoms with Crippen LogP contribution in [0.4, 0.5) is 0 Å². The predicted octanol–water partition coefficient (Wildman–Crippen LogP) is 3.27. The summed E-state index contributed by atoms with van der Waals surface area (Å²) >= 11 is 0. The third-order valence-corrected chi connectivity index (χ3v) is 5.11. The zero-order valence-electron chi connectivity index (χ0n) is 20.9. The van der Waals surface area contributed by atoms with Crippen LogP contribution in [0, 0.1) is 0 Å². The van der Waals surface area contributed by atoms with Crippen molar-refractivity contribution in [2.24, 2.45) is 10.2 Å². The van der Waals surface area contributed by atoms with Crippen LogP contribution in [0.25, 0.3) is 0 Å². The number of nitrogens with one attached hydrogen (secondary N) is 2. The highest BCUT2D eigenvalue weighted by molar-refractivity contribution is 6.00. The molecule has 2 N–H and O–H groups in total. The Kier molecular flexibility index (Phi) is 10.5. The molecular formula is C25H32N4O6. The monoisotopic (exact) mass is 484 g/mol. The second-order valence-electron chi connectivity index (χ2n) is 7.46. The fraction of sp³-hybridized carbons (Fsp3) is 0.360. The Bertz CT molecular complexity index is 1010. The molecule has 0 radical (unpaired) electrons. The standard InChI is InChI=1S/C25H32N4O6/c1-16(18-10-12-20(32-3)22(14-18)34-5)26-28-24(30)8-7-9-25(31)29-27-17(2)19-11-13-21(33-4)23(15-19)35-6/h10-15H,7-9H2,1-6H3,(H,28,30)(H,29,31). The molecule has 10 heteroatoms. The topological polar surface area (TPSA) is 120 Å². The molecule has 2 aromatic carbocycles. The summed E-state index contributed by atoms with van der Waals surface area (Å²) in [7, 11) is 6.22. The van der Waals surface area contributed by atoms with Gasteiger partial charge in [0, 0.05) is 24.0 Å². The molecule has 2 amide bonds. The van der Waals surface area contributed by atoms with Crippen molar-refractivity contribution >= 4 is 23.2 Å². The minimum atomic E-state index is -0.289. The molecule has 0 aliphatic rings. The summed E-state index contributed by atoms with van der Waals surface area (Å²) in [5.41, 5.74) is 7.80. The molecular weight excluding hydrogens is 452 g/mol. The number of rotatable bonds is 12. The van der Waals surface area contributed by atoms with Gasteiger partial charge in [0.15, 0.2) is 23.0 Å². The summed E-state index contributed by atoms with van der Waals surface area (Å²) in [6.45, 7) is 3.54. The Hall–Kier alpha value is -4.08. The van der Waals surface area contributed by atoms with Crippen LogP contribution in [0.3, 0.4) is 0 Å². The Morgan fingerprint density at radius 3 is 1.37 bits per heavy atom. The van der Waals surface area contributed by atoms with E-state index >= 15 is 0 Å². The van der Waals surface area contributed by atoms with Gasteiger partial charge in [0.2, 0.25) is 11.8 Å². The molecule has 188 valence electrons. The number of ether oxygens (including phenoxy) is 4. The SMILES string of the molecule is COc1ccc(C(C)=NNC(=O)CCCC(=O)NN=C(C)c2ccc(OC)c(OC)c2)cc1OC. The summed E-state index contributed by atoms with van der Waals surface area (Å²) in [4.78, 5) is 24.2. The van der Waals surface area contributed by atoms with E-state index in [-0.39, 0.29) is 24.7 Å². The van der Waals surface area contributed by atoms with Gasteiger partial charge in [0.25, 0.3) is 0 Å². The van der Waals surface area contributed by atoms with Gasteiger partial charge in [-0.05, 0) is 56.7 Å². The molecule has 2 aromatic rings. The molecule has 0 heterocycles. The maximum atomic E-state index is 12.1. The molecule has 0 aromatic heterocycles. The highest BCUT2D eigenvalue weighted by Crippen LogP contribution is 2.28. The Morgan fingerprint density at radius 1 is 0.657 bits per heavy atom. The highest BCUT2D eigenvalue weighted by atomic mass is 16.5. The van der Waals surface area contributed by atoms with Gasteiger partial charge in [-0.1, -0.05) is 0 Å². The predicted molar refractivity (Wildman–Crippen MR) is 134 cm³/mol. The Morgan fingerprint density at radius 2 is 1.03 bits per heavy atom. The van der Waals surface area contributed by atoms with Gasteiger partial charge in [-0.2, -0.15) is 10.2 Å². The van der Waals surface area contributed by atoms with Crippen LogP contribution in [-0.4, -0.2) is 51.7 Å². The molecule has 0 saturated heterocycles. The summed E-state index contributed by atoms with van der Waals surface area (Å²) in [5.74, 6) is 1.77. The third-order valence-electron chi connectivity index (χ3n) is 5.11. The van der Waals surface area contributed by atoms with Crippen molar-refractivity contribution in [1.29, 1.82) is 0 Å². The van der Waals surface area contributed by atoms with Gasteiger partial charge in [-0.15, -0.1) is 0 Å². The smallest absolute Gasteiger partial charge is 0.240 e. The molecule has 0 aliphatic heterocycles. The maximum Gasteiger partial charge on any atom is 0.240 e. The van der Waals surface area contributed by atoms with Crippen molar-refractivity contribution in [1.82, 2.24) is 10.9 Å². The largest absolute Gasteiger partial charge is 0.493 e. The lowest BCUT2D eigenvalue weighted by molar-refractivity contribution is -0.122. The quantitative estimate of drug-likeness (QED) is 0.352. The first-order chi connectivity index (χ1) is 16.8. The second-order valence-corrected chi connectivity index (χ2v) is 7.46. The lowest BCUT2D eigenvalue weighted by Gasteiger charge is -2.09. The van der Waals surface area contributed by atoms with E-state index in [1.54, 1.807) is 66.6 Å². The number of carbonyl (C=O) groups is 2. The minimum absolute atomic E-state index is 0.147. The zero-order valence-corrected chi connectivity index (χ0v) is 20.9. The van der Waals surface area contributed by atoms with Gasteiger partial charge >= 0.3 is 0 Å². The van der Waals surface area contributed by atoms with E-state index in [1.807, 2.05) is 12.1 Å². The molecule has 0 saturated carbocycles. The summed E-state index contributed by atoms with van der Waals surface area (Å²) in [5, 5.41) is 8.24. The fourth-order valence-corrected chi connectivity index (χ4v) is 3.07. The number of carbonyl (C=O) groups excluding carboxylic acids is 2. The lowest BCUT2D eigenvalue weighted by atomic mass is 10.1. The van der Waals surface area contributed by atoms with E-state index in [0.29, 0.717) is 40.8 Å². The molecule has 10 nitrogen and oxygen atoms in total. The van der Waals surface area contributed by atoms with Crippen molar-refractivity contribution in [3.8, 4) is 23.0 Å². The van der Waals surface area contributed by atoms with Crippen molar-refractivity contribution in [2.45, 2.75) is 33.1 Å². The first-order valence-electron chi connectivity index (χ1n) is 10.9. The Balaban J connectivity index is 1.81. The van der Waals surface area contributed by atoms with Gasteiger partial charge in [0.05, 0.1) is 39.9 Å². The first kappa shape index (κ1) is 27.2. The molecule has 0 atom stereocenters. The first-order valence-corrected chi connectivity index (χ1v) is 10.9. The fourth-order valence-electron chi connectivity index (χ4n) is 3.07. The zero-order chi connectivity index (χ0) is 25.8. The van der Waals surface area contributed by atoms with E-state index in [1.165, 1.54) is 0 Å². The van der Waals surface area contributed by atoms with Crippen LogP contribution in [-0.2, 0) is 9.59 Å². The molecule has 0 fully saturated rings. The van der Waals surface area contributed by atoms with Crippen LogP contribution in [0.15, 0.2) is 46.6 Å². The second kappa shape index (κ2) is 13.6. The van der Waals surface area contributed by atoms with Crippen LogP contribution in [0.2, 0.25) is 0 Å². The number of benzene rings is 2. The maximum absolute atomic E-state index is 12.1. The van der Waals surface area contributed by atoms with Gasteiger partial charge in [-0.3, -0.25) is 9.59 Å². The molecule has 35 heavy (non-hydrogen) atoms. The van der Waals surface area contributed by atoms with Crippen LogP contribution >= 0.6 is 0 Å². The minimum Gasteiger partial charge on any atom is -0.493 e. The van der Waals surface area contributed by atoms with Crippen molar-refractivity contribution in [3.63, 3.8) is 0 Å². The third kappa shape index (κ3) is 8.02. The molecule has 0 unspecified atom stereocenters. The summed E-state index contributed by atoms with van der Waals surface area (Å²) in [6, 6.07) is 10.7. The van der Waals surface area contributed by atoms with Gasteiger partial charge in [-0.25, -0.2) is 10.9 Å². The number of amides is 2. The van der Waals surface area contributed by atoms with Gasteiger partial charge < -0.3 is 18.9 Å². The number of hydrogen-bond donors (Lipinski definition) is 2. The van der Waals surface area contributed by atoms with Crippen molar-refractivity contribution < 1.29 is 28.5 Å². The highest BCUT2D eigenvalue weighted by Gasteiger charge is 2.09. The van der Waals surface area contributed by atoms with Gasteiger partial charge in [0.1, 0.15) is 0 Å². The van der Waals surface area contributed by atoms with E-state index in [0.717, 1.165) is 11.1 Å². The van der Waals surface area contributed by atoms with E-state index in [9.17, 15) is 9.59 Å². The number of hydrogen-bond acceptors (Lipinski definition) is 8. The van der Waals surface area contributed by atoms with Crippen molar-refractivity contribution in [2.75, 3.05) is 28.4 Å². The van der Waals surface area contributed by atoms with Crippen LogP contribution in [0.5, 0.6) is 23.0 Å². The number of hydrazone groups is 2. The molecule has 0 aliphatic carbocycles. The molecule has 0 spiro atoms. The Labute approximate surface area is 205 Å². The van der Waals surface area contributed by atoms with E-state index in [2.05, 4.69) is 21.1 Å². The number of nitrogens with zero attached hydrogens (tertiary/aromatic N) is 2. The lowest BCUT2D eigenvalue weighted by Crippen LogP contribution is -2.22. The van der Waals surface area contributed by atoms with Crippen molar-refractivity contribution in [3.05, 3.63) is 47.5 Å². The van der Waals surface area contributed by atoms with E-state index < -0.39 is 0 Å². The average molecular weight is 485 g/mol. The average Bonchev–Trinajstić information content (AvgIpc) is 2.89. The summed E-state index contributed by atoms with van der Waals surface area (Å²) < 4.78 is 21.0. The normalized spacial score (nSPS) is 11.5. The molecule has 2 rings (SSSR count).